The molecular formula is C13H7F17O2. The van der Waals surface area contributed by atoms with Gasteiger partial charge in [0, 0.05) is 5.57 Å². The van der Waals surface area contributed by atoms with Gasteiger partial charge in [0.1, 0.15) is 0 Å². The molecule has 0 radical (unpaired) electrons. The molecule has 0 heterocycles. The second kappa shape index (κ2) is 7.81. The first-order valence-corrected chi connectivity index (χ1v) is 7.12. The van der Waals surface area contributed by atoms with E-state index < -0.39 is 65.8 Å². The highest BCUT2D eigenvalue weighted by Gasteiger charge is 2.95. The zero-order chi connectivity index (χ0) is 26.6. The summed E-state index contributed by atoms with van der Waals surface area (Å²) in [5.41, 5.74) is -0.873. The van der Waals surface area contributed by atoms with Crippen LogP contribution in [-0.2, 0) is 9.53 Å². The summed E-state index contributed by atoms with van der Waals surface area (Å²) >= 11 is 0. The third-order valence-corrected chi connectivity index (χ3v) is 3.52. The maximum absolute atomic E-state index is 13.4. The zero-order valence-corrected chi connectivity index (χ0v) is 14.7. The van der Waals surface area contributed by atoms with Crippen molar-refractivity contribution in [2.24, 2.45) is 0 Å². The van der Waals surface area contributed by atoms with E-state index in [-0.39, 0.29) is 0 Å². The first kappa shape index (κ1) is 30.0. The lowest BCUT2D eigenvalue weighted by atomic mass is 9.89. The summed E-state index contributed by atoms with van der Waals surface area (Å²) in [7, 11) is 0. The first-order valence-electron chi connectivity index (χ1n) is 7.12. The molecule has 0 spiro atoms. The molecule has 0 N–H and O–H groups in total. The second-order valence-corrected chi connectivity index (χ2v) is 6.01. The molecule has 0 bridgehead atoms. The zero-order valence-electron chi connectivity index (χ0n) is 14.7. The van der Waals surface area contributed by atoms with Crippen LogP contribution in [0.5, 0.6) is 0 Å². The van der Waals surface area contributed by atoms with E-state index in [2.05, 4.69) is 11.3 Å². The third-order valence-electron chi connectivity index (χ3n) is 3.52. The molecule has 0 aliphatic heterocycles. The number of esters is 1. The van der Waals surface area contributed by atoms with Crippen LogP contribution in [0.15, 0.2) is 12.2 Å². The van der Waals surface area contributed by atoms with Gasteiger partial charge in [-0.3, -0.25) is 0 Å². The van der Waals surface area contributed by atoms with Crippen molar-refractivity contribution in [3.63, 3.8) is 0 Å². The molecule has 0 atom stereocenters. The summed E-state index contributed by atoms with van der Waals surface area (Å²) in [6, 6.07) is 0. The van der Waals surface area contributed by atoms with Crippen LogP contribution >= 0.6 is 0 Å². The molecule has 19 heteroatoms. The van der Waals surface area contributed by atoms with E-state index >= 15 is 0 Å². The van der Waals surface area contributed by atoms with Crippen molar-refractivity contribution in [1.29, 1.82) is 0 Å². The number of hydrogen-bond acceptors (Lipinski definition) is 2. The second-order valence-electron chi connectivity index (χ2n) is 6.01. The van der Waals surface area contributed by atoms with Crippen molar-refractivity contribution in [1.82, 2.24) is 0 Å². The minimum atomic E-state index is -8.70. The number of rotatable bonds is 9. The first-order chi connectivity index (χ1) is 13.6. The Labute approximate surface area is 165 Å². The molecule has 190 valence electrons. The van der Waals surface area contributed by atoms with Gasteiger partial charge in [0.15, 0.2) is 6.61 Å². The van der Waals surface area contributed by atoms with Gasteiger partial charge in [0.2, 0.25) is 0 Å². The summed E-state index contributed by atoms with van der Waals surface area (Å²) in [6.07, 6.45) is -7.81. The van der Waals surface area contributed by atoms with Crippen LogP contribution in [0.3, 0.4) is 0 Å². The Bertz CT molecular complexity index is 733. The van der Waals surface area contributed by atoms with Gasteiger partial charge in [0.25, 0.3) is 0 Å². The quantitative estimate of drug-likeness (QED) is 0.209. The van der Waals surface area contributed by atoms with Crippen LogP contribution in [0.2, 0.25) is 0 Å². The molecule has 0 aliphatic rings. The smallest absolute Gasteiger partial charge is 0.456 e. The average Bonchev–Trinajstić information content (AvgIpc) is 2.57. The maximum atomic E-state index is 13.4. The van der Waals surface area contributed by atoms with Crippen molar-refractivity contribution >= 4 is 5.97 Å². The van der Waals surface area contributed by atoms with Gasteiger partial charge in [-0.15, -0.1) is 0 Å². The monoisotopic (exact) mass is 518 g/mol. The number of alkyl halides is 17. The lowest BCUT2D eigenvalue weighted by molar-refractivity contribution is -0.462. The van der Waals surface area contributed by atoms with E-state index in [0.717, 1.165) is 0 Å². The summed E-state index contributed by atoms with van der Waals surface area (Å²) in [4.78, 5) is 10.8. The Morgan fingerprint density at radius 3 is 1.16 bits per heavy atom. The standard InChI is InChI=1S/C13H7F17O2/c1-4(2)5(31)32-3-6(14,15)7(16,17)8(18,19)9(20,21)10(22,23)11(24,25)12(26,27)13(28,29)30/h1,3H2,2H3. The number of ether oxygens (including phenoxy) is 1. The largest absolute Gasteiger partial charge is 0.460 e. The molecule has 32 heavy (non-hydrogen) atoms. The van der Waals surface area contributed by atoms with Crippen LogP contribution < -0.4 is 0 Å². The Hall–Kier alpha value is -1.98. The minimum absolute atomic E-state index is 0.658. The number of halogens is 17. The van der Waals surface area contributed by atoms with E-state index in [4.69, 9.17) is 0 Å². The molecule has 0 aliphatic carbocycles. The van der Waals surface area contributed by atoms with Gasteiger partial charge in [-0.25, -0.2) is 4.79 Å². The van der Waals surface area contributed by atoms with Crippen molar-refractivity contribution in [2.75, 3.05) is 6.61 Å². The van der Waals surface area contributed by atoms with E-state index in [0.29, 0.717) is 6.92 Å². The normalized spacial score (nSPS) is 15.6. The van der Waals surface area contributed by atoms with Gasteiger partial charge >= 0.3 is 53.6 Å². The van der Waals surface area contributed by atoms with Gasteiger partial charge in [-0.1, -0.05) is 6.58 Å². The Morgan fingerprint density at radius 1 is 0.594 bits per heavy atom. The highest BCUT2D eigenvalue weighted by Crippen LogP contribution is 2.63. The number of carbonyl (C=O) groups is 1. The van der Waals surface area contributed by atoms with Crippen molar-refractivity contribution in [2.45, 2.75) is 54.6 Å². The fraction of sp³-hybridized carbons (Fsp3) is 0.769. The van der Waals surface area contributed by atoms with Crippen LogP contribution in [-0.4, -0.2) is 60.2 Å². The minimum Gasteiger partial charge on any atom is -0.456 e. The SMILES string of the molecule is C=C(C)C(=O)OCC(F)(F)C(F)(F)C(F)(F)C(F)(F)C(F)(F)C(F)(F)C(F)(F)C(F)(F)F. The van der Waals surface area contributed by atoms with Crippen LogP contribution in [0, 0.1) is 0 Å². The topological polar surface area (TPSA) is 26.3 Å². The third kappa shape index (κ3) is 4.06. The van der Waals surface area contributed by atoms with Crippen LogP contribution in [0.1, 0.15) is 6.92 Å². The van der Waals surface area contributed by atoms with Crippen molar-refractivity contribution in [3.05, 3.63) is 12.2 Å². The van der Waals surface area contributed by atoms with Crippen molar-refractivity contribution in [3.8, 4) is 0 Å². The van der Waals surface area contributed by atoms with Crippen LogP contribution in [0.25, 0.3) is 0 Å². The molecule has 0 saturated heterocycles. The summed E-state index contributed by atoms with van der Waals surface area (Å²) in [5.74, 6) is -59.3. The van der Waals surface area contributed by atoms with E-state index in [1.165, 1.54) is 0 Å². The lowest BCUT2D eigenvalue weighted by Gasteiger charge is -2.42. The molecule has 0 amide bonds. The van der Waals surface area contributed by atoms with Gasteiger partial charge in [0.05, 0.1) is 0 Å². The van der Waals surface area contributed by atoms with Gasteiger partial charge in [-0.2, -0.15) is 74.6 Å². The molecule has 0 saturated carbocycles. The Balaban J connectivity index is 6.53. The Morgan fingerprint density at radius 2 is 0.875 bits per heavy atom. The molecule has 0 aromatic carbocycles. The molecular weight excluding hydrogens is 511 g/mol. The molecule has 0 unspecified atom stereocenters. The molecule has 0 fully saturated rings. The number of hydrogen-bond donors (Lipinski definition) is 0. The van der Waals surface area contributed by atoms with Gasteiger partial charge in [-0.05, 0) is 6.92 Å². The molecule has 0 rings (SSSR count). The summed E-state index contributed by atoms with van der Waals surface area (Å²) < 4.78 is 223. The maximum Gasteiger partial charge on any atom is 0.460 e. The Kier molecular flexibility index (Phi) is 7.32. The van der Waals surface area contributed by atoms with Gasteiger partial charge < -0.3 is 4.74 Å². The van der Waals surface area contributed by atoms with Crippen molar-refractivity contribution < 1.29 is 84.2 Å². The molecule has 0 aromatic heterocycles. The molecule has 0 aromatic rings. The number of carbonyl (C=O) groups excluding carboxylic acids is 1. The lowest BCUT2D eigenvalue weighted by Crippen LogP contribution is -2.74. The molecule has 2 nitrogen and oxygen atoms in total. The van der Waals surface area contributed by atoms with E-state index in [1.807, 2.05) is 0 Å². The van der Waals surface area contributed by atoms with E-state index in [9.17, 15) is 79.4 Å². The highest BCUT2D eigenvalue weighted by atomic mass is 19.4. The van der Waals surface area contributed by atoms with Crippen LogP contribution in [0.4, 0.5) is 74.6 Å². The summed E-state index contributed by atoms with van der Waals surface area (Å²) in [6.45, 7) is 0.0654. The summed E-state index contributed by atoms with van der Waals surface area (Å²) in [5, 5.41) is 0. The highest BCUT2D eigenvalue weighted by molar-refractivity contribution is 5.86. The van der Waals surface area contributed by atoms with E-state index in [1.54, 1.807) is 0 Å². The predicted molar refractivity (Wildman–Crippen MR) is 66.5 cm³/mol. The fourth-order valence-electron chi connectivity index (χ4n) is 1.57. The fourth-order valence-corrected chi connectivity index (χ4v) is 1.57. The average molecular weight is 518 g/mol. The predicted octanol–water partition coefficient (Wildman–Crippen LogP) is 6.12.